The fraction of sp³-hybridized carbons (Fsp3) is 0.240. The van der Waals surface area contributed by atoms with E-state index in [9.17, 15) is 23.1 Å². The number of alkyl halides is 3. The smallest absolute Gasteiger partial charge is 0.378 e. The van der Waals surface area contributed by atoms with Gasteiger partial charge in [0, 0.05) is 12.1 Å². The molecule has 3 N–H and O–H groups in total. The minimum Gasteiger partial charge on any atom is -0.378 e. The average Bonchev–Trinajstić information content (AvgIpc) is 3.50. The number of hydrogen-bond donors (Lipinski definition) is 3. The van der Waals surface area contributed by atoms with Crippen LogP contribution >= 0.6 is 11.6 Å². The molecule has 1 amide bonds. The molecule has 0 spiro atoms. The Morgan fingerprint density at radius 1 is 1.11 bits per heavy atom. The van der Waals surface area contributed by atoms with Crippen molar-refractivity contribution in [2.45, 2.75) is 38.7 Å². The van der Waals surface area contributed by atoms with Crippen molar-refractivity contribution < 1.29 is 23.1 Å². The summed E-state index contributed by atoms with van der Waals surface area (Å²) in [7, 11) is 0. The number of amides is 1. The number of carbonyl (C=O) groups excluding carboxylic acids is 1. The number of benzene rings is 2. The lowest BCUT2D eigenvalue weighted by Crippen LogP contribution is -2.26. The van der Waals surface area contributed by atoms with Gasteiger partial charge in [0.2, 0.25) is 5.28 Å². The van der Waals surface area contributed by atoms with E-state index in [0.717, 1.165) is 23.3 Å². The maximum atomic E-state index is 13.3. The Hall–Kier alpha value is -4.21. The van der Waals surface area contributed by atoms with Gasteiger partial charge in [0.05, 0.1) is 12.1 Å². The van der Waals surface area contributed by atoms with Gasteiger partial charge in [-0.15, -0.1) is 5.10 Å². The molecule has 0 saturated heterocycles. The van der Waals surface area contributed by atoms with Gasteiger partial charge < -0.3 is 15.0 Å². The highest BCUT2D eigenvalue weighted by atomic mass is 35.5. The van der Waals surface area contributed by atoms with Gasteiger partial charge >= 0.3 is 6.18 Å². The lowest BCUT2D eigenvalue weighted by molar-refractivity contribution is -0.137. The second-order valence-electron chi connectivity index (χ2n) is 8.80. The molecule has 4 rings (SSSR count). The maximum absolute atomic E-state index is 13.3. The van der Waals surface area contributed by atoms with Gasteiger partial charge in [-0.1, -0.05) is 42.3 Å². The molecule has 0 aliphatic heterocycles. The molecule has 38 heavy (non-hydrogen) atoms. The Labute approximate surface area is 220 Å². The molecule has 2 aromatic carbocycles. The van der Waals surface area contributed by atoms with Crippen molar-refractivity contribution in [3.63, 3.8) is 0 Å². The highest BCUT2D eigenvalue weighted by molar-refractivity contribution is 6.29. The number of aromatic nitrogens is 6. The van der Waals surface area contributed by atoms with Crippen molar-refractivity contribution in [2.75, 3.05) is 0 Å². The summed E-state index contributed by atoms with van der Waals surface area (Å²) in [6.45, 7) is 3.06. The van der Waals surface area contributed by atoms with E-state index in [1.165, 1.54) is 30.5 Å². The molecule has 0 atom stereocenters. The van der Waals surface area contributed by atoms with Crippen molar-refractivity contribution in [2.24, 2.45) is 0 Å². The first-order chi connectivity index (χ1) is 17.9. The predicted octanol–water partition coefficient (Wildman–Crippen LogP) is 3.84. The Balaban J connectivity index is 1.59. The summed E-state index contributed by atoms with van der Waals surface area (Å²) in [5, 5.41) is 26.3. The molecule has 2 aromatic heterocycles. The molecule has 9 nitrogen and oxygen atoms in total. The number of H-pyrrole nitrogens is 1. The van der Waals surface area contributed by atoms with Gasteiger partial charge in [0.15, 0.2) is 5.82 Å². The molecule has 196 valence electrons. The summed E-state index contributed by atoms with van der Waals surface area (Å²) in [5.41, 5.74) is -0.123. The molecule has 0 aliphatic carbocycles. The zero-order valence-corrected chi connectivity index (χ0v) is 20.9. The number of aliphatic hydroxyl groups is 1. The zero-order chi connectivity index (χ0) is 27.5. The topological polar surface area (TPSA) is 122 Å². The largest absolute Gasteiger partial charge is 0.416 e. The number of aromatic amines is 1. The summed E-state index contributed by atoms with van der Waals surface area (Å²) in [5.74, 6) is 5.23. The third kappa shape index (κ3) is 6.56. The summed E-state index contributed by atoms with van der Waals surface area (Å²) in [6, 6.07) is 11.7. The number of halogens is 4. The number of nitrogens with zero attached hydrogens (tertiary/aromatic N) is 5. The summed E-state index contributed by atoms with van der Waals surface area (Å²) < 4.78 is 40.2. The Morgan fingerprint density at radius 3 is 2.34 bits per heavy atom. The van der Waals surface area contributed by atoms with Gasteiger partial charge in [0.25, 0.3) is 5.91 Å². The first-order valence-corrected chi connectivity index (χ1v) is 11.6. The van der Waals surface area contributed by atoms with Crippen molar-refractivity contribution in [1.82, 2.24) is 35.5 Å². The van der Waals surface area contributed by atoms with Crippen molar-refractivity contribution >= 4 is 17.5 Å². The molecular weight excluding hydrogens is 523 g/mol. The van der Waals surface area contributed by atoms with Crippen molar-refractivity contribution in [3.8, 4) is 23.2 Å². The first kappa shape index (κ1) is 26.8. The first-order valence-electron chi connectivity index (χ1n) is 11.2. The fourth-order valence-corrected chi connectivity index (χ4v) is 3.64. The monoisotopic (exact) mass is 543 g/mol. The number of tetrazole rings is 1. The Kier molecular flexibility index (Phi) is 7.52. The standard InChI is InChI=1S/C25H21ClF3N7O2/c1-24(2,38)12-11-19-20(22(37)30-13-15-3-7-17(8-4-15)21-32-34-35-33-21)36(23(26)31-19)14-16-5-9-18(10-6-16)25(27,28)29/h3-10,38H,13-14H2,1-2H3,(H,30,37)(H,32,33,34,35). The van der Waals surface area contributed by atoms with Crippen molar-refractivity contribution in [1.29, 1.82) is 0 Å². The molecule has 0 unspecified atom stereocenters. The van der Waals surface area contributed by atoms with E-state index in [4.69, 9.17) is 11.6 Å². The molecule has 0 fully saturated rings. The van der Waals surface area contributed by atoms with E-state index < -0.39 is 23.2 Å². The minimum absolute atomic E-state index is 0.0102. The highest BCUT2D eigenvalue weighted by Crippen LogP contribution is 2.29. The zero-order valence-electron chi connectivity index (χ0n) is 20.1. The maximum Gasteiger partial charge on any atom is 0.416 e. The fourth-order valence-electron chi connectivity index (χ4n) is 3.41. The van der Waals surface area contributed by atoms with Crippen LogP contribution in [0.4, 0.5) is 13.2 Å². The van der Waals surface area contributed by atoms with E-state index in [1.54, 1.807) is 24.3 Å². The van der Waals surface area contributed by atoms with Crippen LogP contribution in [0, 0.1) is 11.8 Å². The van der Waals surface area contributed by atoms with Gasteiger partial charge in [-0.25, -0.2) is 10.1 Å². The van der Waals surface area contributed by atoms with Crippen LogP contribution in [0.1, 0.15) is 46.7 Å². The number of rotatable bonds is 6. The van der Waals surface area contributed by atoms with Crippen LogP contribution in [0.2, 0.25) is 5.28 Å². The molecular formula is C25H21ClF3N7O2. The molecule has 0 aliphatic rings. The second-order valence-corrected chi connectivity index (χ2v) is 9.14. The van der Waals surface area contributed by atoms with Crippen LogP contribution < -0.4 is 5.32 Å². The second kappa shape index (κ2) is 10.6. The van der Waals surface area contributed by atoms with Crippen molar-refractivity contribution in [3.05, 3.63) is 81.9 Å². The molecule has 0 bridgehead atoms. The van der Waals surface area contributed by atoms with Crippen LogP contribution in [0.15, 0.2) is 48.5 Å². The van der Waals surface area contributed by atoms with Gasteiger partial charge in [-0.3, -0.25) is 4.79 Å². The third-order valence-electron chi connectivity index (χ3n) is 5.27. The van der Waals surface area contributed by atoms with Crippen LogP contribution in [-0.2, 0) is 19.3 Å². The third-order valence-corrected chi connectivity index (χ3v) is 5.56. The normalized spacial score (nSPS) is 11.7. The summed E-state index contributed by atoms with van der Waals surface area (Å²) >= 11 is 6.32. The molecule has 4 aromatic rings. The van der Waals surface area contributed by atoms with Gasteiger partial charge in [-0.05, 0) is 65.1 Å². The van der Waals surface area contributed by atoms with Crippen LogP contribution in [-0.4, -0.2) is 46.8 Å². The van der Waals surface area contributed by atoms with Gasteiger partial charge in [0.1, 0.15) is 17.0 Å². The highest BCUT2D eigenvalue weighted by Gasteiger charge is 2.30. The van der Waals surface area contributed by atoms with Crippen LogP contribution in [0.3, 0.4) is 0 Å². The number of imidazole rings is 1. The number of carbonyl (C=O) groups is 1. The average molecular weight is 544 g/mol. The van der Waals surface area contributed by atoms with Crippen LogP contribution in [0.25, 0.3) is 11.4 Å². The number of nitrogens with one attached hydrogen (secondary N) is 2. The summed E-state index contributed by atoms with van der Waals surface area (Å²) in [6.07, 6.45) is -4.47. The molecule has 13 heteroatoms. The molecule has 2 heterocycles. The Bertz CT molecular complexity index is 1480. The SMILES string of the molecule is CC(C)(O)C#Cc1nc(Cl)n(Cc2ccc(C(F)(F)F)cc2)c1C(=O)NCc1ccc(-c2nnn[nH]2)cc1. The molecule has 0 radical (unpaired) electrons. The quantitative estimate of drug-likeness (QED) is 0.318. The van der Waals surface area contributed by atoms with E-state index in [0.29, 0.717) is 11.4 Å². The summed E-state index contributed by atoms with van der Waals surface area (Å²) in [4.78, 5) is 17.4. The predicted molar refractivity (Wildman–Crippen MR) is 132 cm³/mol. The molecule has 0 saturated carbocycles. The number of hydrogen-bond acceptors (Lipinski definition) is 6. The van der Waals surface area contributed by atoms with E-state index >= 15 is 0 Å². The Morgan fingerprint density at radius 2 is 1.76 bits per heavy atom. The lowest BCUT2D eigenvalue weighted by atomic mass is 10.1. The van der Waals surface area contributed by atoms with E-state index in [1.807, 2.05) is 0 Å². The van der Waals surface area contributed by atoms with E-state index in [-0.39, 0.29) is 29.8 Å². The lowest BCUT2D eigenvalue weighted by Gasteiger charge is -2.12. The van der Waals surface area contributed by atoms with Gasteiger partial charge in [-0.2, -0.15) is 13.2 Å². The van der Waals surface area contributed by atoms with E-state index in [2.05, 4.69) is 42.8 Å². The van der Waals surface area contributed by atoms with Crippen LogP contribution in [0.5, 0.6) is 0 Å². The minimum atomic E-state index is -4.47.